The van der Waals surface area contributed by atoms with Crippen LogP contribution < -0.4 is 5.32 Å². The average molecular weight is 257 g/mol. The fourth-order valence-electron chi connectivity index (χ4n) is 1.04. The molecule has 4 nitrogen and oxygen atoms in total. The number of thioether (sulfide) groups is 1. The molecule has 1 rings (SSSR count). The molecule has 0 amide bonds. The van der Waals surface area contributed by atoms with Crippen LogP contribution in [0.5, 0.6) is 0 Å². The summed E-state index contributed by atoms with van der Waals surface area (Å²) >= 11 is 1.82. The summed E-state index contributed by atoms with van der Waals surface area (Å²) in [5, 5.41) is 7.29. The zero-order valence-electron chi connectivity index (χ0n) is 11.6. The minimum atomic E-state index is 0.0643. The van der Waals surface area contributed by atoms with E-state index in [0.29, 0.717) is 12.4 Å². The number of rotatable bonds is 4. The van der Waals surface area contributed by atoms with E-state index in [-0.39, 0.29) is 10.3 Å². The quantitative estimate of drug-likeness (QED) is 0.898. The Morgan fingerprint density at radius 2 is 1.82 bits per heavy atom. The number of hydrogen-bond donors (Lipinski definition) is 1. The van der Waals surface area contributed by atoms with Gasteiger partial charge in [0, 0.05) is 10.3 Å². The van der Waals surface area contributed by atoms with Gasteiger partial charge in [-0.05, 0) is 20.8 Å². The molecule has 0 saturated heterocycles. The van der Waals surface area contributed by atoms with Crippen LogP contribution in [0.3, 0.4) is 0 Å². The van der Waals surface area contributed by atoms with E-state index in [9.17, 15) is 0 Å². The second-order valence-corrected chi connectivity index (χ2v) is 7.91. The lowest BCUT2D eigenvalue weighted by atomic mass is 10.1. The smallest absolute Gasteiger partial charge is 0.240 e. The summed E-state index contributed by atoms with van der Waals surface area (Å²) in [5.41, 5.74) is 0.0643. The molecule has 1 aromatic heterocycles. The molecule has 0 bridgehead atoms. The molecule has 0 atom stereocenters. The van der Waals surface area contributed by atoms with Crippen LogP contribution in [-0.2, 0) is 12.3 Å². The van der Waals surface area contributed by atoms with Crippen LogP contribution in [0.2, 0.25) is 0 Å². The van der Waals surface area contributed by atoms with Gasteiger partial charge >= 0.3 is 0 Å². The molecule has 0 radical (unpaired) electrons. The van der Waals surface area contributed by atoms with E-state index < -0.39 is 0 Å². The predicted octanol–water partition coefficient (Wildman–Crippen LogP) is 2.99. The SMILES string of the molecule is CC(C)(C)NCc1nc(CSC(C)(C)C)no1. The van der Waals surface area contributed by atoms with Crippen molar-refractivity contribution in [2.24, 2.45) is 0 Å². The number of nitrogens with one attached hydrogen (secondary N) is 1. The second-order valence-electron chi connectivity index (χ2n) is 6.11. The molecule has 1 heterocycles. The maximum atomic E-state index is 5.19. The van der Waals surface area contributed by atoms with E-state index in [0.717, 1.165) is 11.6 Å². The molecule has 0 unspecified atom stereocenters. The summed E-state index contributed by atoms with van der Waals surface area (Å²) in [4.78, 5) is 4.36. The summed E-state index contributed by atoms with van der Waals surface area (Å²) in [6, 6.07) is 0. The fourth-order valence-corrected chi connectivity index (χ4v) is 1.72. The Bertz CT molecular complexity index is 317. The first-order valence-corrected chi connectivity index (χ1v) is 6.85. The van der Waals surface area contributed by atoms with Gasteiger partial charge in [0.2, 0.25) is 5.89 Å². The summed E-state index contributed by atoms with van der Waals surface area (Å²) in [6.45, 7) is 13.5. The Morgan fingerprint density at radius 1 is 1.18 bits per heavy atom. The van der Waals surface area contributed by atoms with Crippen LogP contribution in [-0.4, -0.2) is 20.4 Å². The summed E-state index contributed by atoms with van der Waals surface area (Å²) < 4.78 is 5.41. The number of hydrogen-bond acceptors (Lipinski definition) is 5. The zero-order valence-corrected chi connectivity index (χ0v) is 12.4. The maximum absolute atomic E-state index is 5.19. The van der Waals surface area contributed by atoms with Gasteiger partial charge in [-0.2, -0.15) is 4.98 Å². The van der Waals surface area contributed by atoms with Crippen molar-refractivity contribution in [3.05, 3.63) is 11.7 Å². The number of nitrogens with zero attached hydrogens (tertiary/aromatic N) is 2. The highest BCUT2D eigenvalue weighted by molar-refractivity contribution is 7.99. The topological polar surface area (TPSA) is 51.0 Å². The second kappa shape index (κ2) is 5.40. The van der Waals surface area contributed by atoms with Crippen molar-refractivity contribution in [1.29, 1.82) is 0 Å². The molecule has 5 heteroatoms. The van der Waals surface area contributed by atoms with Crippen LogP contribution in [0, 0.1) is 0 Å². The van der Waals surface area contributed by atoms with Gasteiger partial charge in [-0.15, -0.1) is 11.8 Å². The fraction of sp³-hybridized carbons (Fsp3) is 0.833. The van der Waals surface area contributed by atoms with Gasteiger partial charge in [0.15, 0.2) is 5.82 Å². The van der Waals surface area contributed by atoms with Crippen LogP contribution in [0.4, 0.5) is 0 Å². The Labute approximate surface area is 108 Å². The highest BCUT2D eigenvalue weighted by Crippen LogP contribution is 2.25. The molecule has 0 fully saturated rings. The summed E-state index contributed by atoms with van der Waals surface area (Å²) in [7, 11) is 0. The molecule has 17 heavy (non-hydrogen) atoms. The minimum Gasteiger partial charge on any atom is -0.338 e. The molecule has 1 N–H and O–H groups in total. The molecule has 0 aliphatic rings. The lowest BCUT2D eigenvalue weighted by Crippen LogP contribution is -2.35. The van der Waals surface area contributed by atoms with E-state index in [1.54, 1.807) is 0 Å². The average Bonchev–Trinajstić information content (AvgIpc) is 2.57. The highest BCUT2D eigenvalue weighted by Gasteiger charge is 2.15. The molecule has 1 aromatic rings. The van der Waals surface area contributed by atoms with Gasteiger partial charge in [0.05, 0.1) is 12.3 Å². The predicted molar refractivity (Wildman–Crippen MR) is 71.9 cm³/mol. The third-order valence-corrected chi connectivity index (χ3v) is 3.18. The zero-order chi connectivity index (χ0) is 13.1. The monoisotopic (exact) mass is 257 g/mol. The van der Waals surface area contributed by atoms with Crippen molar-refractivity contribution in [2.45, 2.75) is 64.1 Å². The van der Waals surface area contributed by atoms with E-state index in [4.69, 9.17) is 4.52 Å². The summed E-state index contributed by atoms with van der Waals surface area (Å²) in [5.74, 6) is 2.22. The molecule has 98 valence electrons. The van der Waals surface area contributed by atoms with Crippen molar-refractivity contribution in [1.82, 2.24) is 15.5 Å². The van der Waals surface area contributed by atoms with E-state index in [1.165, 1.54) is 0 Å². The lowest BCUT2D eigenvalue weighted by molar-refractivity contribution is 0.334. The maximum Gasteiger partial charge on any atom is 0.240 e. The van der Waals surface area contributed by atoms with Crippen LogP contribution in [0.1, 0.15) is 53.3 Å². The minimum absolute atomic E-state index is 0.0643. The van der Waals surface area contributed by atoms with Crippen molar-refractivity contribution in [3.63, 3.8) is 0 Å². The van der Waals surface area contributed by atoms with Gasteiger partial charge in [-0.3, -0.25) is 0 Å². The van der Waals surface area contributed by atoms with Crippen molar-refractivity contribution in [2.75, 3.05) is 0 Å². The Hall–Kier alpha value is -0.550. The molecule has 0 aromatic carbocycles. The van der Waals surface area contributed by atoms with Crippen LogP contribution in [0.15, 0.2) is 4.52 Å². The van der Waals surface area contributed by atoms with E-state index in [1.807, 2.05) is 11.8 Å². The van der Waals surface area contributed by atoms with Crippen molar-refractivity contribution in [3.8, 4) is 0 Å². The largest absolute Gasteiger partial charge is 0.338 e. The van der Waals surface area contributed by atoms with Crippen molar-refractivity contribution >= 4 is 11.8 Å². The molecular weight excluding hydrogens is 234 g/mol. The standard InChI is InChI=1S/C12H23N3OS/c1-11(2,3)13-7-10-14-9(15-16-10)8-17-12(4,5)6/h13H,7-8H2,1-6H3. The normalized spacial score (nSPS) is 13.1. The molecule has 0 saturated carbocycles. The number of aromatic nitrogens is 2. The van der Waals surface area contributed by atoms with Gasteiger partial charge in [0.25, 0.3) is 0 Å². The molecule has 0 spiro atoms. The third kappa shape index (κ3) is 6.68. The first kappa shape index (κ1) is 14.5. The Kier molecular flexibility index (Phi) is 4.61. The van der Waals surface area contributed by atoms with Crippen LogP contribution >= 0.6 is 11.8 Å². The Morgan fingerprint density at radius 3 is 2.35 bits per heavy atom. The van der Waals surface area contributed by atoms with Gasteiger partial charge in [-0.1, -0.05) is 25.9 Å². The van der Waals surface area contributed by atoms with Gasteiger partial charge < -0.3 is 9.84 Å². The summed E-state index contributed by atoms with van der Waals surface area (Å²) in [6.07, 6.45) is 0. The first-order valence-electron chi connectivity index (χ1n) is 5.86. The third-order valence-electron chi connectivity index (χ3n) is 1.91. The lowest BCUT2D eigenvalue weighted by Gasteiger charge is -2.18. The van der Waals surface area contributed by atoms with Gasteiger partial charge in [0.1, 0.15) is 0 Å². The van der Waals surface area contributed by atoms with Crippen LogP contribution in [0.25, 0.3) is 0 Å². The molecule has 0 aliphatic heterocycles. The van der Waals surface area contributed by atoms with E-state index in [2.05, 4.69) is 57.0 Å². The highest BCUT2D eigenvalue weighted by atomic mass is 32.2. The molecular formula is C12H23N3OS. The Balaban J connectivity index is 2.43. The van der Waals surface area contributed by atoms with Gasteiger partial charge in [-0.25, -0.2) is 0 Å². The van der Waals surface area contributed by atoms with Crippen molar-refractivity contribution < 1.29 is 4.52 Å². The first-order chi connectivity index (χ1) is 7.66. The van der Waals surface area contributed by atoms with E-state index >= 15 is 0 Å². The molecule has 0 aliphatic carbocycles.